The number of nitrogens with zero attached hydrogens (tertiary/aromatic N) is 2. The van der Waals surface area contributed by atoms with Crippen LogP contribution in [0.1, 0.15) is 16.7 Å². The molecule has 1 aliphatic heterocycles. The lowest BCUT2D eigenvalue weighted by atomic mass is 10.1. The third-order valence-corrected chi connectivity index (χ3v) is 5.26. The molecule has 0 spiro atoms. The van der Waals surface area contributed by atoms with Gasteiger partial charge in [-0.25, -0.2) is 0 Å². The van der Waals surface area contributed by atoms with Crippen molar-refractivity contribution < 1.29 is 19.1 Å². The highest BCUT2D eigenvalue weighted by molar-refractivity contribution is 5.81. The molecule has 0 N–H and O–H groups in total. The molecule has 0 unspecified atom stereocenters. The number of carbonyl (C=O) groups is 2. The number of carbonyl (C=O) groups excluding carboxylic acids is 2. The van der Waals surface area contributed by atoms with Gasteiger partial charge >= 0.3 is 0 Å². The third-order valence-electron chi connectivity index (χ3n) is 5.26. The molecule has 2 aromatic rings. The molecular formula is C23H28N2O4. The Hall–Kier alpha value is -3.02. The Morgan fingerprint density at radius 3 is 1.76 bits per heavy atom. The third kappa shape index (κ3) is 5.28. The summed E-state index contributed by atoms with van der Waals surface area (Å²) in [6.07, 6.45) is 0.706. The van der Waals surface area contributed by atoms with Crippen LogP contribution in [0.2, 0.25) is 0 Å². The van der Waals surface area contributed by atoms with Crippen LogP contribution in [0.25, 0.3) is 0 Å². The summed E-state index contributed by atoms with van der Waals surface area (Å²) >= 11 is 0. The first-order chi connectivity index (χ1) is 14.0. The molecule has 1 heterocycles. The zero-order chi connectivity index (χ0) is 20.8. The van der Waals surface area contributed by atoms with Crippen LogP contribution < -0.4 is 9.47 Å². The Balaban J connectivity index is 1.51. The average Bonchev–Trinajstić information content (AvgIpc) is 2.75. The molecule has 3 rings (SSSR count). The minimum atomic E-state index is 0.0582. The summed E-state index contributed by atoms with van der Waals surface area (Å²) in [4.78, 5) is 28.9. The maximum Gasteiger partial charge on any atom is 0.227 e. The highest BCUT2D eigenvalue weighted by Crippen LogP contribution is 2.27. The Morgan fingerprint density at radius 2 is 1.24 bits per heavy atom. The van der Waals surface area contributed by atoms with Gasteiger partial charge in [0.25, 0.3) is 0 Å². The van der Waals surface area contributed by atoms with Crippen molar-refractivity contribution in [1.82, 2.24) is 9.80 Å². The molecule has 1 saturated heterocycles. The van der Waals surface area contributed by atoms with Crippen molar-refractivity contribution in [3.05, 3.63) is 59.2 Å². The van der Waals surface area contributed by atoms with Gasteiger partial charge in [0, 0.05) is 26.2 Å². The zero-order valence-electron chi connectivity index (χ0n) is 17.3. The first-order valence-electron chi connectivity index (χ1n) is 9.82. The van der Waals surface area contributed by atoms with Crippen LogP contribution in [0.15, 0.2) is 42.5 Å². The highest BCUT2D eigenvalue weighted by Gasteiger charge is 2.24. The number of ether oxygens (including phenoxy) is 2. The Kier molecular flexibility index (Phi) is 6.75. The minimum absolute atomic E-state index is 0.0582. The number of benzene rings is 2. The molecule has 2 aromatic carbocycles. The zero-order valence-corrected chi connectivity index (χ0v) is 17.3. The molecule has 2 amide bonds. The number of hydrogen-bond donors (Lipinski definition) is 0. The second kappa shape index (κ2) is 9.45. The predicted molar refractivity (Wildman–Crippen MR) is 111 cm³/mol. The molecule has 1 fully saturated rings. The SMILES string of the molecule is COc1ccc(CC(=O)N2CCN(C(=O)Cc3ccc(C)cc3)CC2)cc1OC. The van der Waals surface area contributed by atoms with Gasteiger partial charge in [0.15, 0.2) is 11.5 Å². The second-order valence-corrected chi connectivity index (χ2v) is 7.29. The van der Waals surface area contributed by atoms with Crippen molar-refractivity contribution in [2.45, 2.75) is 19.8 Å². The van der Waals surface area contributed by atoms with E-state index in [0.717, 1.165) is 11.1 Å². The summed E-state index contributed by atoms with van der Waals surface area (Å²) < 4.78 is 10.5. The largest absolute Gasteiger partial charge is 0.493 e. The van der Waals surface area contributed by atoms with E-state index in [0.29, 0.717) is 50.5 Å². The summed E-state index contributed by atoms with van der Waals surface area (Å²) in [7, 11) is 3.17. The minimum Gasteiger partial charge on any atom is -0.493 e. The van der Waals surface area contributed by atoms with Crippen molar-refractivity contribution >= 4 is 11.8 Å². The predicted octanol–water partition coefficient (Wildman–Crippen LogP) is 2.47. The van der Waals surface area contributed by atoms with Gasteiger partial charge in [0.2, 0.25) is 11.8 Å². The smallest absolute Gasteiger partial charge is 0.227 e. The standard InChI is InChI=1S/C23H28N2O4/c1-17-4-6-18(7-5-17)15-22(26)24-10-12-25(13-11-24)23(27)16-19-8-9-20(28-2)21(14-19)29-3/h4-9,14H,10-13,15-16H2,1-3H3. The number of rotatable bonds is 6. The van der Waals surface area contributed by atoms with Crippen LogP contribution in [0, 0.1) is 6.92 Å². The molecular weight excluding hydrogens is 368 g/mol. The maximum absolute atomic E-state index is 12.7. The number of amides is 2. The van der Waals surface area contributed by atoms with Gasteiger partial charge in [-0.05, 0) is 30.2 Å². The molecule has 6 heteroatoms. The molecule has 6 nitrogen and oxygen atoms in total. The lowest BCUT2D eigenvalue weighted by Gasteiger charge is -2.35. The second-order valence-electron chi connectivity index (χ2n) is 7.29. The number of piperazine rings is 1. The van der Waals surface area contributed by atoms with Gasteiger partial charge in [-0.15, -0.1) is 0 Å². The fraction of sp³-hybridized carbons (Fsp3) is 0.391. The van der Waals surface area contributed by atoms with E-state index in [4.69, 9.17) is 9.47 Å². The summed E-state index contributed by atoms with van der Waals surface area (Å²) in [5, 5.41) is 0. The summed E-state index contributed by atoms with van der Waals surface area (Å²) in [6, 6.07) is 13.6. The normalized spacial score (nSPS) is 13.9. The summed E-state index contributed by atoms with van der Waals surface area (Å²) in [5.74, 6) is 1.43. The quantitative estimate of drug-likeness (QED) is 0.753. The van der Waals surface area contributed by atoms with Crippen molar-refractivity contribution in [3.8, 4) is 11.5 Å². The lowest BCUT2D eigenvalue weighted by molar-refractivity contribution is -0.138. The van der Waals surface area contributed by atoms with Crippen molar-refractivity contribution in [3.63, 3.8) is 0 Å². The van der Waals surface area contributed by atoms with E-state index in [-0.39, 0.29) is 11.8 Å². The molecule has 154 valence electrons. The van der Waals surface area contributed by atoms with Gasteiger partial charge in [-0.2, -0.15) is 0 Å². The van der Waals surface area contributed by atoms with E-state index in [1.807, 2.05) is 59.2 Å². The van der Waals surface area contributed by atoms with Crippen LogP contribution in [0.5, 0.6) is 11.5 Å². The average molecular weight is 396 g/mol. The summed E-state index contributed by atoms with van der Waals surface area (Å²) in [6.45, 7) is 4.30. The van der Waals surface area contributed by atoms with Crippen molar-refractivity contribution in [2.75, 3.05) is 40.4 Å². The highest BCUT2D eigenvalue weighted by atomic mass is 16.5. The van der Waals surface area contributed by atoms with Crippen molar-refractivity contribution in [1.29, 1.82) is 0 Å². The van der Waals surface area contributed by atoms with Gasteiger partial charge in [-0.1, -0.05) is 35.9 Å². The molecule has 29 heavy (non-hydrogen) atoms. The van der Waals surface area contributed by atoms with Crippen LogP contribution >= 0.6 is 0 Å². The molecule has 0 atom stereocenters. The van der Waals surface area contributed by atoms with E-state index >= 15 is 0 Å². The van der Waals surface area contributed by atoms with Crippen LogP contribution in [-0.4, -0.2) is 62.0 Å². The summed E-state index contributed by atoms with van der Waals surface area (Å²) in [5.41, 5.74) is 3.08. The molecule has 0 saturated carbocycles. The van der Waals surface area contributed by atoms with Crippen molar-refractivity contribution in [2.24, 2.45) is 0 Å². The maximum atomic E-state index is 12.7. The molecule has 1 aliphatic rings. The van der Waals surface area contributed by atoms with E-state index in [2.05, 4.69) is 0 Å². The van der Waals surface area contributed by atoms with E-state index in [9.17, 15) is 9.59 Å². The Bertz CT molecular complexity index is 856. The molecule has 0 bridgehead atoms. The van der Waals surface area contributed by atoms with E-state index < -0.39 is 0 Å². The van der Waals surface area contributed by atoms with Crippen LogP contribution in [0.4, 0.5) is 0 Å². The van der Waals surface area contributed by atoms with Crippen LogP contribution in [0.3, 0.4) is 0 Å². The topological polar surface area (TPSA) is 59.1 Å². The number of hydrogen-bond acceptors (Lipinski definition) is 4. The van der Waals surface area contributed by atoms with E-state index in [1.54, 1.807) is 14.2 Å². The Labute approximate surface area is 172 Å². The van der Waals surface area contributed by atoms with Gasteiger partial charge in [-0.3, -0.25) is 9.59 Å². The first-order valence-corrected chi connectivity index (χ1v) is 9.82. The fourth-order valence-electron chi connectivity index (χ4n) is 3.47. The number of methoxy groups -OCH3 is 2. The first kappa shape index (κ1) is 20.7. The van der Waals surface area contributed by atoms with E-state index in [1.165, 1.54) is 5.56 Å². The van der Waals surface area contributed by atoms with Crippen LogP contribution in [-0.2, 0) is 22.4 Å². The van der Waals surface area contributed by atoms with Gasteiger partial charge in [0.1, 0.15) is 0 Å². The number of aryl methyl sites for hydroxylation is 1. The monoisotopic (exact) mass is 396 g/mol. The van der Waals surface area contributed by atoms with Gasteiger partial charge < -0.3 is 19.3 Å². The molecule has 0 radical (unpaired) electrons. The fourth-order valence-corrected chi connectivity index (χ4v) is 3.47. The molecule has 0 aliphatic carbocycles. The molecule has 0 aromatic heterocycles. The Morgan fingerprint density at radius 1 is 0.759 bits per heavy atom. The lowest BCUT2D eigenvalue weighted by Crippen LogP contribution is -2.51. The van der Waals surface area contributed by atoms with Gasteiger partial charge in [0.05, 0.1) is 27.1 Å².